The molecule has 0 bridgehead atoms. The summed E-state index contributed by atoms with van der Waals surface area (Å²) in [6.07, 6.45) is 0. The predicted octanol–water partition coefficient (Wildman–Crippen LogP) is 0.472. The maximum absolute atomic E-state index is 10.5. The largest absolute Gasteiger partial charge is 0.478 e. The summed E-state index contributed by atoms with van der Waals surface area (Å²) in [5, 5.41) is 25.3. The van der Waals surface area contributed by atoms with Crippen LogP contribution in [0.2, 0.25) is 0 Å². The fraction of sp³-hybridized carbons (Fsp3) is 0.588. The number of aliphatic hydroxyl groups excluding tert-OH is 2. The molecule has 0 fully saturated rings. The van der Waals surface area contributed by atoms with E-state index in [1.807, 2.05) is 19.0 Å². The van der Waals surface area contributed by atoms with Gasteiger partial charge in [-0.25, -0.2) is 4.79 Å². The number of carboxylic acids is 1. The third kappa shape index (κ3) is 13.3. The van der Waals surface area contributed by atoms with E-state index in [9.17, 15) is 4.79 Å². The maximum Gasteiger partial charge on any atom is 0.335 e. The second-order valence-electron chi connectivity index (χ2n) is 5.03. The van der Waals surface area contributed by atoms with Gasteiger partial charge in [-0.05, 0) is 24.3 Å². The maximum atomic E-state index is 10.5. The van der Waals surface area contributed by atoms with Crippen LogP contribution >= 0.6 is 0 Å². The van der Waals surface area contributed by atoms with Crippen LogP contribution in [0.4, 0.5) is 5.69 Å². The van der Waals surface area contributed by atoms with Gasteiger partial charge in [0.25, 0.3) is 0 Å². The SMILES string of the molecule is CN(C)c1ccc(C(=O)O)cc1.OCCOCCOCCOCCO. The molecule has 0 aliphatic carbocycles. The van der Waals surface area contributed by atoms with Gasteiger partial charge in [0.2, 0.25) is 0 Å². The van der Waals surface area contributed by atoms with Crippen molar-refractivity contribution in [2.45, 2.75) is 0 Å². The van der Waals surface area contributed by atoms with Crippen molar-refractivity contribution < 1.29 is 34.3 Å². The molecule has 0 radical (unpaired) electrons. The molecule has 0 aromatic heterocycles. The second-order valence-corrected chi connectivity index (χ2v) is 5.03. The quantitative estimate of drug-likeness (QED) is 0.462. The van der Waals surface area contributed by atoms with Gasteiger partial charge >= 0.3 is 5.97 Å². The molecule has 0 unspecified atom stereocenters. The number of carboxylic acid groups (broad SMARTS) is 1. The minimum Gasteiger partial charge on any atom is -0.478 e. The summed E-state index contributed by atoms with van der Waals surface area (Å²) in [7, 11) is 3.82. The summed E-state index contributed by atoms with van der Waals surface area (Å²) >= 11 is 0. The summed E-state index contributed by atoms with van der Waals surface area (Å²) in [6, 6.07) is 6.75. The fourth-order valence-electron chi connectivity index (χ4n) is 1.57. The zero-order chi connectivity index (χ0) is 18.9. The molecule has 8 nitrogen and oxygen atoms in total. The van der Waals surface area contributed by atoms with Gasteiger partial charge in [-0.3, -0.25) is 0 Å². The normalized spacial score (nSPS) is 10.1. The van der Waals surface area contributed by atoms with Gasteiger partial charge in [0.15, 0.2) is 0 Å². The zero-order valence-electron chi connectivity index (χ0n) is 14.9. The van der Waals surface area contributed by atoms with Crippen molar-refractivity contribution in [3.05, 3.63) is 29.8 Å². The number of aromatic carboxylic acids is 1. The minimum atomic E-state index is -0.889. The lowest BCUT2D eigenvalue weighted by molar-refractivity contribution is 0.00230. The molecule has 8 heteroatoms. The molecule has 0 saturated heterocycles. The first kappa shape index (κ1) is 23.3. The molecular formula is C17H29NO7. The van der Waals surface area contributed by atoms with Crippen LogP contribution in [-0.2, 0) is 14.2 Å². The Balaban J connectivity index is 0.000000462. The molecular weight excluding hydrogens is 330 g/mol. The molecule has 0 atom stereocenters. The number of ether oxygens (including phenoxy) is 3. The number of aliphatic hydroxyl groups is 2. The van der Waals surface area contributed by atoms with Gasteiger partial charge in [0, 0.05) is 19.8 Å². The van der Waals surface area contributed by atoms with Gasteiger partial charge in [0.05, 0.1) is 58.4 Å². The molecule has 3 N–H and O–H groups in total. The highest BCUT2D eigenvalue weighted by atomic mass is 16.5. The topological polar surface area (TPSA) is 109 Å². The molecule has 1 aromatic rings. The van der Waals surface area contributed by atoms with E-state index in [2.05, 4.69) is 0 Å². The number of anilines is 1. The van der Waals surface area contributed by atoms with E-state index in [1.165, 1.54) is 0 Å². The van der Waals surface area contributed by atoms with E-state index in [4.69, 9.17) is 29.5 Å². The highest BCUT2D eigenvalue weighted by Crippen LogP contribution is 2.11. The Morgan fingerprint density at radius 1 is 0.840 bits per heavy atom. The lowest BCUT2D eigenvalue weighted by Crippen LogP contribution is -2.11. The molecule has 0 heterocycles. The molecule has 1 aromatic carbocycles. The van der Waals surface area contributed by atoms with Crippen LogP contribution in [0.1, 0.15) is 10.4 Å². The van der Waals surface area contributed by atoms with Gasteiger partial charge in [0.1, 0.15) is 0 Å². The molecule has 0 amide bonds. The zero-order valence-corrected chi connectivity index (χ0v) is 14.9. The van der Waals surface area contributed by atoms with E-state index < -0.39 is 5.97 Å². The van der Waals surface area contributed by atoms with Crippen LogP contribution < -0.4 is 4.90 Å². The first-order valence-corrected chi connectivity index (χ1v) is 7.98. The fourth-order valence-corrected chi connectivity index (χ4v) is 1.57. The molecule has 0 spiro atoms. The van der Waals surface area contributed by atoms with Gasteiger partial charge < -0.3 is 34.4 Å². The highest BCUT2D eigenvalue weighted by molar-refractivity contribution is 5.88. The van der Waals surface area contributed by atoms with Crippen molar-refractivity contribution in [1.82, 2.24) is 0 Å². The van der Waals surface area contributed by atoms with E-state index in [-0.39, 0.29) is 13.2 Å². The van der Waals surface area contributed by atoms with E-state index >= 15 is 0 Å². The molecule has 1 rings (SSSR count). The highest BCUT2D eigenvalue weighted by Gasteiger charge is 2.01. The van der Waals surface area contributed by atoms with Crippen molar-refractivity contribution in [3.8, 4) is 0 Å². The number of hydrogen-bond acceptors (Lipinski definition) is 7. The van der Waals surface area contributed by atoms with Crippen molar-refractivity contribution in [1.29, 1.82) is 0 Å². The summed E-state index contributed by atoms with van der Waals surface area (Å²) in [5.74, 6) is -0.889. The summed E-state index contributed by atoms with van der Waals surface area (Å²) in [4.78, 5) is 12.4. The Labute approximate surface area is 148 Å². The van der Waals surface area contributed by atoms with Gasteiger partial charge in [-0.1, -0.05) is 0 Å². The minimum absolute atomic E-state index is 0.0413. The Kier molecular flexibility index (Phi) is 14.7. The Morgan fingerprint density at radius 2 is 1.24 bits per heavy atom. The Morgan fingerprint density at radius 3 is 1.56 bits per heavy atom. The van der Waals surface area contributed by atoms with Crippen molar-refractivity contribution in [2.24, 2.45) is 0 Å². The average Bonchev–Trinajstić information content (AvgIpc) is 2.61. The predicted molar refractivity (Wildman–Crippen MR) is 94.4 cm³/mol. The molecule has 25 heavy (non-hydrogen) atoms. The Bertz CT molecular complexity index is 427. The molecule has 144 valence electrons. The number of rotatable bonds is 12. The smallest absolute Gasteiger partial charge is 0.335 e. The van der Waals surface area contributed by atoms with Crippen molar-refractivity contribution in [3.63, 3.8) is 0 Å². The lowest BCUT2D eigenvalue weighted by atomic mass is 10.2. The number of hydrogen-bond donors (Lipinski definition) is 3. The van der Waals surface area contributed by atoms with E-state index in [0.29, 0.717) is 45.2 Å². The van der Waals surface area contributed by atoms with Crippen LogP contribution in [0.3, 0.4) is 0 Å². The Hall–Kier alpha value is -1.71. The van der Waals surface area contributed by atoms with Gasteiger partial charge in [-0.15, -0.1) is 0 Å². The molecule has 0 saturated carbocycles. The second kappa shape index (κ2) is 15.8. The van der Waals surface area contributed by atoms with Crippen LogP contribution in [-0.4, -0.2) is 88.2 Å². The lowest BCUT2D eigenvalue weighted by Gasteiger charge is -2.11. The van der Waals surface area contributed by atoms with Crippen LogP contribution in [0, 0.1) is 0 Å². The summed E-state index contributed by atoms with van der Waals surface area (Å²) in [5.41, 5.74) is 1.32. The summed E-state index contributed by atoms with van der Waals surface area (Å²) < 4.78 is 15.0. The van der Waals surface area contributed by atoms with Crippen LogP contribution in [0.15, 0.2) is 24.3 Å². The third-order valence-corrected chi connectivity index (χ3v) is 2.85. The van der Waals surface area contributed by atoms with Crippen LogP contribution in [0.25, 0.3) is 0 Å². The standard InChI is InChI=1S/C9H11NO2.C8H18O5/c1-10(2)8-5-3-7(4-6-8)9(11)12;9-1-3-11-5-7-13-8-6-12-4-2-10/h3-6H,1-2H3,(H,11,12);9-10H,1-8H2. The third-order valence-electron chi connectivity index (χ3n) is 2.85. The van der Waals surface area contributed by atoms with Crippen molar-refractivity contribution >= 4 is 11.7 Å². The molecule has 0 aliphatic heterocycles. The van der Waals surface area contributed by atoms with Gasteiger partial charge in [-0.2, -0.15) is 0 Å². The van der Waals surface area contributed by atoms with E-state index in [0.717, 1.165) is 5.69 Å². The first-order chi connectivity index (χ1) is 12.0. The first-order valence-electron chi connectivity index (χ1n) is 7.98. The monoisotopic (exact) mass is 359 g/mol. The number of benzene rings is 1. The van der Waals surface area contributed by atoms with Crippen molar-refractivity contribution in [2.75, 3.05) is 71.9 Å². The summed E-state index contributed by atoms with van der Waals surface area (Å²) in [6.45, 7) is 2.76. The average molecular weight is 359 g/mol. The van der Waals surface area contributed by atoms with E-state index in [1.54, 1.807) is 24.3 Å². The number of carbonyl (C=O) groups is 1. The molecule has 0 aliphatic rings. The number of nitrogens with zero attached hydrogens (tertiary/aromatic N) is 1. The van der Waals surface area contributed by atoms with Crippen LogP contribution in [0.5, 0.6) is 0 Å².